The van der Waals surface area contributed by atoms with Crippen LogP contribution < -0.4 is 5.32 Å². The molecule has 3 aliphatic heterocycles. The van der Waals surface area contributed by atoms with Crippen LogP contribution in [0.2, 0.25) is 0 Å². The van der Waals surface area contributed by atoms with Crippen molar-refractivity contribution in [2.75, 3.05) is 32.8 Å². The number of likely N-dealkylation sites (tertiary alicyclic amines) is 1. The van der Waals surface area contributed by atoms with Crippen molar-refractivity contribution >= 4 is 11.9 Å². The molecule has 6 heteroatoms. The van der Waals surface area contributed by atoms with Crippen LogP contribution in [-0.2, 0) is 9.53 Å². The number of rotatable bonds is 7. The van der Waals surface area contributed by atoms with Crippen molar-refractivity contribution < 1.29 is 14.3 Å². The molecule has 152 valence electrons. The second-order valence-electron chi connectivity index (χ2n) is 8.39. The van der Waals surface area contributed by atoms with Crippen LogP contribution in [0.1, 0.15) is 59.3 Å². The molecule has 2 atom stereocenters. The van der Waals surface area contributed by atoms with Crippen molar-refractivity contribution in [2.45, 2.75) is 70.9 Å². The van der Waals surface area contributed by atoms with Crippen LogP contribution in [0.5, 0.6) is 0 Å². The standard InChI is InChI=1S/C21H35N3O3/c1-4-10-21(17-8-11-23(12-9-17)14-16(3)5-2)19(25)24(20(26)22-21)15-18-7-6-13-27-18/h5,17-18H,4,6-15H2,1-3H3,(H,22,26)/b16-5+. The summed E-state index contributed by atoms with van der Waals surface area (Å²) in [5, 5.41) is 3.13. The molecule has 0 aromatic carbocycles. The van der Waals surface area contributed by atoms with E-state index in [1.807, 2.05) is 0 Å². The molecule has 0 aromatic rings. The number of carbonyl (C=O) groups excluding carboxylic acids is 2. The van der Waals surface area contributed by atoms with E-state index in [1.165, 1.54) is 10.5 Å². The highest BCUT2D eigenvalue weighted by Crippen LogP contribution is 2.37. The first-order chi connectivity index (χ1) is 13.0. The Morgan fingerprint density at radius 3 is 2.63 bits per heavy atom. The van der Waals surface area contributed by atoms with Crippen molar-refractivity contribution in [3.63, 3.8) is 0 Å². The molecule has 1 N–H and O–H groups in total. The predicted octanol–water partition coefficient (Wildman–Crippen LogP) is 2.93. The zero-order chi connectivity index (χ0) is 19.4. The lowest BCUT2D eigenvalue weighted by Gasteiger charge is -2.41. The third-order valence-corrected chi connectivity index (χ3v) is 6.51. The Labute approximate surface area is 163 Å². The van der Waals surface area contributed by atoms with Gasteiger partial charge in [-0.1, -0.05) is 25.0 Å². The highest BCUT2D eigenvalue weighted by Gasteiger charge is 2.55. The van der Waals surface area contributed by atoms with E-state index in [0.717, 1.165) is 64.8 Å². The summed E-state index contributed by atoms with van der Waals surface area (Å²) in [6, 6.07) is -0.226. The first-order valence-corrected chi connectivity index (χ1v) is 10.6. The molecule has 0 bridgehead atoms. The van der Waals surface area contributed by atoms with E-state index in [9.17, 15) is 9.59 Å². The normalized spacial score (nSPS) is 31.0. The number of hydrogen-bond donors (Lipinski definition) is 1. The maximum Gasteiger partial charge on any atom is 0.325 e. The predicted molar refractivity (Wildman–Crippen MR) is 105 cm³/mol. The Morgan fingerprint density at radius 1 is 1.30 bits per heavy atom. The number of ether oxygens (including phenoxy) is 1. The fourth-order valence-corrected chi connectivity index (χ4v) is 4.88. The van der Waals surface area contributed by atoms with Crippen molar-refractivity contribution in [3.05, 3.63) is 11.6 Å². The van der Waals surface area contributed by atoms with E-state index in [4.69, 9.17) is 4.74 Å². The van der Waals surface area contributed by atoms with Crippen LogP contribution >= 0.6 is 0 Å². The molecule has 27 heavy (non-hydrogen) atoms. The Morgan fingerprint density at radius 2 is 2.04 bits per heavy atom. The minimum Gasteiger partial charge on any atom is -0.376 e. The van der Waals surface area contributed by atoms with Gasteiger partial charge in [0.25, 0.3) is 5.91 Å². The molecule has 0 radical (unpaired) electrons. The lowest BCUT2D eigenvalue weighted by Crippen LogP contribution is -2.56. The highest BCUT2D eigenvalue weighted by atomic mass is 16.5. The zero-order valence-electron chi connectivity index (χ0n) is 17.1. The van der Waals surface area contributed by atoms with E-state index in [0.29, 0.717) is 6.54 Å². The van der Waals surface area contributed by atoms with Gasteiger partial charge in [0, 0.05) is 13.2 Å². The third-order valence-electron chi connectivity index (χ3n) is 6.51. The van der Waals surface area contributed by atoms with Gasteiger partial charge in [0.1, 0.15) is 5.54 Å². The number of piperidine rings is 1. The summed E-state index contributed by atoms with van der Waals surface area (Å²) in [6.45, 7) is 10.4. The van der Waals surface area contributed by atoms with Crippen LogP contribution in [-0.4, -0.2) is 66.2 Å². The zero-order valence-corrected chi connectivity index (χ0v) is 17.1. The van der Waals surface area contributed by atoms with Gasteiger partial charge >= 0.3 is 6.03 Å². The number of nitrogens with one attached hydrogen (secondary N) is 1. The number of amides is 3. The lowest BCUT2D eigenvalue weighted by molar-refractivity contribution is -0.135. The molecule has 0 spiro atoms. The summed E-state index contributed by atoms with van der Waals surface area (Å²) in [4.78, 5) is 29.9. The third kappa shape index (κ3) is 4.21. The molecule has 2 unspecified atom stereocenters. The molecule has 3 saturated heterocycles. The summed E-state index contributed by atoms with van der Waals surface area (Å²) in [7, 11) is 0. The Balaban J connectivity index is 1.68. The average Bonchev–Trinajstić information content (AvgIpc) is 3.26. The van der Waals surface area contributed by atoms with Crippen LogP contribution in [0.3, 0.4) is 0 Å². The highest BCUT2D eigenvalue weighted by molar-refractivity contribution is 6.07. The van der Waals surface area contributed by atoms with E-state index >= 15 is 0 Å². The second kappa shape index (κ2) is 8.74. The first-order valence-electron chi connectivity index (χ1n) is 10.6. The van der Waals surface area contributed by atoms with Crippen molar-refractivity contribution in [1.29, 1.82) is 0 Å². The van der Waals surface area contributed by atoms with Crippen LogP contribution in [0.25, 0.3) is 0 Å². The smallest absolute Gasteiger partial charge is 0.325 e. The van der Waals surface area contributed by atoms with Gasteiger partial charge in [0.2, 0.25) is 0 Å². The van der Waals surface area contributed by atoms with Gasteiger partial charge in [0.05, 0.1) is 12.6 Å². The number of nitrogens with zero attached hydrogens (tertiary/aromatic N) is 2. The SMILES string of the molecule is C/C=C(\C)CN1CCC(C2(CCC)NC(=O)N(CC3CCCO3)C2=O)CC1. The van der Waals surface area contributed by atoms with Crippen molar-refractivity contribution in [1.82, 2.24) is 15.1 Å². The number of urea groups is 1. The molecular weight excluding hydrogens is 342 g/mol. The van der Waals surface area contributed by atoms with Gasteiger partial charge in [-0.3, -0.25) is 14.6 Å². The van der Waals surface area contributed by atoms with Gasteiger partial charge < -0.3 is 10.1 Å². The molecule has 3 aliphatic rings. The van der Waals surface area contributed by atoms with E-state index in [2.05, 4.69) is 37.1 Å². The van der Waals surface area contributed by atoms with Gasteiger partial charge in [-0.05, 0) is 65.0 Å². The molecule has 3 fully saturated rings. The molecule has 0 aliphatic carbocycles. The lowest BCUT2D eigenvalue weighted by atomic mass is 9.74. The quantitative estimate of drug-likeness (QED) is 0.547. The molecule has 0 saturated carbocycles. The monoisotopic (exact) mass is 377 g/mol. The molecular formula is C21H35N3O3. The minimum absolute atomic E-state index is 0.00257. The van der Waals surface area contributed by atoms with Crippen LogP contribution in [0.15, 0.2) is 11.6 Å². The Hall–Kier alpha value is -1.40. The fraction of sp³-hybridized carbons (Fsp3) is 0.810. The summed E-state index contributed by atoms with van der Waals surface area (Å²) in [6.07, 6.45) is 7.62. The summed E-state index contributed by atoms with van der Waals surface area (Å²) in [5.74, 6) is 0.193. The van der Waals surface area contributed by atoms with Crippen molar-refractivity contribution in [2.24, 2.45) is 5.92 Å². The largest absolute Gasteiger partial charge is 0.376 e. The number of hydrogen-bond acceptors (Lipinski definition) is 4. The Bertz CT molecular complexity index is 577. The van der Waals surface area contributed by atoms with Gasteiger partial charge in [-0.15, -0.1) is 0 Å². The topological polar surface area (TPSA) is 61.9 Å². The van der Waals surface area contributed by atoms with Gasteiger partial charge in [-0.25, -0.2) is 4.79 Å². The molecule has 3 rings (SSSR count). The summed E-state index contributed by atoms with van der Waals surface area (Å²) < 4.78 is 5.66. The maximum atomic E-state index is 13.4. The molecule has 6 nitrogen and oxygen atoms in total. The number of allylic oxidation sites excluding steroid dienone is 1. The molecule has 0 aromatic heterocycles. The van der Waals surface area contributed by atoms with Gasteiger partial charge in [0.15, 0.2) is 0 Å². The van der Waals surface area contributed by atoms with Crippen molar-refractivity contribution in [3.8, 4) is 0 Å². The van der Waals surface area contributed by atoms with Crippen LogP contribution in [0, 0.1) is 5.92 Å². The first kappa shape index (κ1) is 20.3. The molecule has 3 heterocycles. The Kier molecular flexibility index (Phi) is 6.58. The summed E-state index contributed by atoms with van der Waals surface area (Å²) in [5.41, 5.74) is 0.663. The van der Waals surface area contributed by atoms with E-state index < -0.39 is 5.54 Å². The number of carbonyl (C=O) groups is 2. The summed E-state index contributed by atoms with van der Waals surface area (Å²) >= 11 is 0. The number of imide groups is 1. The van der Waals surface area contributed by atoms with E-state index in [-0.39, 0.29) is 24.0 Å². The second-order valence-corrected chi connectivity index (χ2v) is 8.39. The minimum atomic E-state index is -0.716. The van der Waals surface area contributed by atoms with E-state index in [1.54, 1.807) is 0 Å². The fourth-order valence-electron chi connectivity index (χ4n) is 4.88. The van der Waals surface area contributed by atoms with Gasteiger partial charge in [-0.2, -0.15) is 0 Å². The average molecular weight is 378 g/mol. The molecule has 3 amide bonds. The maximum absolute atomic E-state index is 13.4. The van der Waals surface area contributed by atoms with Crippen LogP contribution in [0.4, 0.5) is 4.79 Å².